The number of likely N-dealkylation sites (N-methyl/N-ethyl adjacent to an activating group) is 1. The van der Waals surface area contributed by atoms with E-state index in [2.05, 4.69) is 24.1 Å². The Hall–Kier alpha value is -0.850. The third-order valence-electron chi connectivity index (χ3n) is 4.02. The predicted molar refractivity (Wildman–Crippen MR) is 86.6 cm³/mol. The summed E-state index contributed by atoms with van der Waals surface area (Å²) in [5.41, 5.74) is 2.49. The molecule has 0 aliphatic carbocycles. The van der Waals surface area contributed by atoms with Crippen LogP contribution in [0.15, 0.2) is 0 Å². The van der Waals surface area contributed by atoms with E-state index in [9.17, 15) is 0 Å². The predicted octanol–water partition coefficient (Wildman–Crippen LogP) is 2.44. The zero-order chi connectivity index (χ0) is 14.7. The van der Waals surface area contributed by atoms with E-state index in [0.29, 0.717) is 0 Å². The van der Waals surface area contributed by atoms with Crippen molar-refractivity contribution < 1.29 is 4.74 Å². The number of fused-ring (bicyclic) bond motifs is 1. The number of hydrogen-bond acceptors (Lipinski definition) is 6. The molecule has 6 heteroatoms. The molecule has 0 aromatic carbocycles. The molecule has 2 aliphatic rings. The molecule has 3 heterocycles. The fourth-order valence-corrected chi connectivity index (χ4v) is 3.79. The number of nitrogens with one attached hydrogen (secondary N) is 1. The van der Waals surface area contributed by atoms with Crippen molar-refractivity contribution in [1.29, 1.82) is 0 Å². The van der Waals surface area contributed by atoms with Gasteiger partial charge in [0.2, 0.25) is 0 Å². The van der Waals surface area contributed by atoms with Crippen LogP contribution in [0.5, 0.6) is 0 Å². The van der Waals surface area contributed by atoms with Crippen molar-refractivity contribution in [3.8, 4) is 0 Å². The second-order valence-corrected chi connectivity index (χ2v) is 6.51. The van der Waals surface area contributed by atoms with E-state index in [1.54, 1.807) is 0 Å². The maximum Gasteiger partial charge on any atom is 0.161 e. The topological polar surface area (TPSA) is 50.3 Å². The van der Waals surface area contributed by atoms with Gasteiger partial charge < -0.3 is 10.1 Å². The van der Waals surface area contributed by atoms with Crippen LogP contribution < -0.4 is 5.32 Å². The number of thioether (sulfide) groups is 1. The summed E-state index contributed by atoms with van der Waals surface area (Å²) in [5, 5.41) is 3.47. The SMILES string of the molecule is CCCNc1nc(C2CN(CC)CCO2)nc2c1CSC2. The van der Waals surface area contributed by atoms with Crippen LogP contribution in [0, 0.1) is 0 Å². The molecule has 116 valence electrons. The van der Waals surface area contributed by atoms with E-state index in [1.807, 2.05) is 11.8 Å². The molecule has 1 saturated heterocycles. The zero-order valence-corrected chi connectivity index (χ0v) is 13.7. The van der Waals surface area contributed by atoms with Crippen molar-refractivity contribution in [3.63, 3.8) is 0 Å². The van der Waals surface area contributed by atoms with Crippen LogP contribution in [-0.2, 0) is 16.2 Å². The van der Waals surface area contributed by atoms with Crippen LogP contribution in [0.1, 0.15) is 43.5 Å². The van der Waals surface area contributed by atoms with Gasteiger partial charge in [-0.3, -0.25) is 4.90 Å². The highest BCUT2D eigenvalue weighted by molar-refractivity contribution is 7.98. The van der Waals surface area contributed by atoms with Crippen molar-refractivity contribution in [2.45, 2.75) is 37.9 Å². The largest absolute Gasteiger partial charge is 0.370 e. The molecule has 2 aliphatic heterocycles. The molecule has 1 N–H and O–H groups in total. The minimum absolute atomic E-state index is 0.0109. The Bertz CT molecular complexity index is 497. The lowest BCUT2D eigenvalue weighted by Crippen LogP contribution is -2.38. The van der Waals surface area contributed by atoms with Gasteiger partial charge in [0.1, 0.15) is 11.9 Å². The molecule has 1 atom stereocenters. The summed E-state index contributed by atoms with van der Waals surface area (Å²) in [5.74, 6) is 3.90. The van der Waals surface area contributed by atoms with Crippen molar-refractivity contribution in [2.75, 3.05) is 38.1 Å². The normalized spacial score (nSPS) is 22.3. The Kier molecular flexibility index (Phi) is 4.98. The third-order valence-corrected chi connectivity index (χ3v) is 4.99. The zero-order valence-electron chi connectivity index (χ0n) is 12.9. The standard InChI is InChI=1S/C15H24N4OS/c1-3-5-16-14-11-9-21-10-12(11)17-15(18-14)13-8-19(4-2)6-7-20-13/h13H,3-10H2,1-2H3,(H,16,17,18). The number of morpholine rings is 1. The average molecular weight is 308 g/mol. The van der Waals surface area contributed by atoms with Gasteiger partial charge in [-0.25, -0.2) is 9.97 Å². The summed E-state index contributed by atoms with van der Waals surface area (Å²) in [4.78, 5) is 12.0. The lowest BCUT2D eigenvalue weighted by Gasteiger charge is -2.31. The molecule has 1 unspecified atom stereocenters. The molecule has 0 radical (unpaired) electrons. The maximum atomic E-state index is 5.91. The summed E-state index contributed by atoms with van der Waals surface area (Å²) < 4.78 is 5.91. The lowest BCUT2D eigenvalue weighted by atomic mass is 10.2. The van der Waals surface area contributed by atoms with E-state index in [0.717, 1.165) is 62.4 Å². The van der Waals surface area contributed by atoms with Gasteiger partial charge in [-0.1, -0.05) is 13.8 Å². The van der Waals surface area contributed by atoms with Crippen LogP contribution >= 0.6 is 11.8 Å². The molecule has 0 saturated carbocycles. The van der Waals surface area contributed by atoms with Gasteiger partial charge in [-0.15, -0.1) is 0 Å². The second-order valence-electron chi connectivity index (χ2n) is 5.53. The monoisotopic (exact) mass is 308 g/mol. The van der Waals surface area contributed by atoms with Crippen LogP contribution in [-0.4, -0.2) is 47.7 Å². The Labute approximate surface area is 130 Å². The summed E-state index contributed by atoms with van der Waals surface area (Å²) in [6, 6.07) is 0. The first-order valence-corrected chi connectivity index (χ1v) is 9.02. The molecule has 3 rings (SSSR count). The summed E-state index contributed by atoms with van der Waals surface area (Å²) in [7, 11) is 0. The number of aromatic nitrogens is 2. The summed E-state index contributed by atoms with van der Waals surface area (Å²) >= 11 is 1.92. The Balaban J connectivity index is 1.84. The Morgan fingerprint density at radius 1 is 1.33 bits per heavy atom. The second kappa shape index (κ2) is 6.94. The van der Waals surface area contributed by atoms with E-state index >= 15 is 0 Å². The van der Waals surface area contributed by atoms with E-state index < -0.39 is 0 Å². The van der Waals surface area contributed by atoms with Crippen molar-refractivity contribution in [1.82, 2.24) is 14.9 Å². The van der Waals surface area contributed by atoms with Crippen LogP contribution in [0.4, 0.5) is 5.82 Å². The first-order chi connectivity index (χ1) is 10.3. The van der Waals surface area contributed by atoms with Crippen molar-refractivity contribution in [3.05, 3.63) is 17.1 Å². The third kappa shape index (κ3) is 3.33. The van der Waals surface area contributed by atoms with Crippen LogP contribution in [0.2, 0.25) is 0 Å². The molecule has 0 spiro atoms. The fourth-order valence-electron chi connectivity index (χ4n) is 2.75. The number of nitrogens with zero attached hydrogens (tertiary/aromatic N) is 3. The first-order valence-electron chi connectivity index (χ1n) is 7.87. The Morgan fingerprint density at radius 3 is 3.05 bits per heavy atom. The molecule has 5 nitrogen and oxygen atoms in total. The maximum absolute atomic E-state index is 5.91. The molecule has 0 bridgehead atoms. The smallest absolute Gasteiger partial charge is 0.161 e. The molecule has 0 amide bonds. The highest BCUT2D eigenvalue weighted by Gasteiger charge is 2.27. The lowest BCUT2D eigenvalue weighted by molar-refractivity contribution is -0.0325. The average Bonchev–Trinajstić information content (AvgIpc) is 3.01. The first kappa shape index (κ1) is 15.1. The number of anilines is 1. The minimum Gasteiger partial charge on any atom is -0.370 e. The van der Waals surface area contributed by atoms with Crippen LogP contribution in [0.3, 0.4) is 0 Å². The number of ether oxygens (including phenoxy) is 1. The van der Waals surface area contributed by atoms with E-state index in [4.69, 9.17) is 14.7 Å². The molecule has 21 heavy (non-hydrogen) atoms. The van der Waals surface area contributed by atoms with Crippen LogP contribution in [0.25, 0.3) is 0 Å². The van der Waals surface area contributed by atoms with Crippen molar-refractivity contribution >= 4 is 17.6 Å². The van der Waals surface area contributed by atoms with Crippen molar-refractivity contribution in [2.24, 2.45) is 0 Å². The molecule has 1 aromatic heterocycles. The minimum atomic E-state index is 0.0109. The molecule has 1 aromatic rings. The fraction of sp³-hybridized carbons (Fsp3) is 0.733. The van der Waals surface area contributed by atoms with E-state index in [-0.39, 0.29) is 6.10 Å². The van der Waals surface area contributed by atoms with Gasteiger partial charge in [0.25, 0.3) is 0 Å². The summed E-state index contributed by atoms with van der Waals surface area (Å²) in [6.07, 6.45) is 1.11. The molecular formula is C15H24N4OS. The van der Waals surface area contributed by atoms with Gasteiger partial charge in [-0.05, 0) is 13.0 Å². The number of hydrogen-bond donors (Lipinski definition) is 1. The summed E-state index contributed by atoms with van der Waals surface area (Å²) in [6.45, 7) is 9.06. The molecular weight excluding hydrogens is 284 g/mol. The van der Waals surface area contributed by atoms with Gasteiger partial charge in [-0.2, -0.15) is 11.8 Å². The highest BCUT2D eigenvalue weighted by atomic mass is 32.2. The number of rotatable bonds is 5. The quantitative estimate of drug-likeness (QED) is 0.901. The van der Waals surface area contributed by atoms with Gasteiger partial charge >= 0.3 is 0 Å². The Morgan fingerprint density at radius 2 is 2.24 bits per heavy atom. The van der Waals surface area contributed by atoms with E-state index in [1.165, 1.54) is 11.3 Å². The highest BCUT2D eigenvalue weighted by Crippen LogP contribution is 2.34. The van der Waals surface area contributed by atoms with Gasteiger partial charge in [0, 0.05) is 36.7 Å². The van der Waals surface area contributed by atoms with Gasteiger partial charge in [0.15, 0.2) is 5.82 Å². The molecule has 1 fully saturated rings. The van der Waals surface area contributed by atoms with Gasteiger partial charge in [0.05, 0.1) is 12.3 Å².